The van der Waals surface area contributed by atoms with Gasteiger partial charge in [0.2, 0.25) is 11.8 Å². The van der Waals surface area contributed by atoms with Crippen LogP contribution in [0, 0.1) is 5.92 Å². The highest BCUT2D eigenvalue weighted by atomic mass is 32.2. The lowest BCUT2D eigenvalue weighted by Gasteiger charge is -2.31. The lowest BCUT2D eigenvalue weighted by atomic mass is 9.96. The van der Waals surface area contributed by atoms with Gasteiger partial charge in [0.15, 0.2) is 0 Å². The second-order valence-corrected chi connectivity index (χ2v) is 8.63. The van der Waals surface area contributed by atoms with Crippen LogP contribution in [0.3, 0.4) is 0 Å². The van der Waals surface area contributed by atoms with E-state index in [1.807, 2.05) is 53.1 Å². The number of carbonyl (C=O) groups excluding carboxylic acids is 2. The third kappa shape index (κ3) is 4.76. The van der Waals surface area contributed by atoms with Gasteiger partial charge in [0.1, 0.15) is 12.4 Å². The van der Waals surface area contributed by atoms with Crippen LogP contribution in [-0.4, -0.2) is 55.4 Å². The number of hydrogen-bond donors (Lipinski definition) is 1. The van der Waals surface area contributed by atoms with Gasteiger partial charge in [-0.3, -0.25) is 14.3 Å². The zero-order valence-corrected chi connectivity index (χ0v) is 18.8. The molecule has 1 fully saturated rings. The standard InChI is InChI=1S/C22H28N6O2S/c1-3-27-13-17(12-23-27)24-22(30)16-8-10-26(11-9-16)21(29)14-28-19-7-5-4-6-18(19)25-20(28)15-31-2/h4-7,12-13,16H,3,8-11,14-15H2,1-2H3,(H,24,30). The normalized spacial score (nSPS) is 14.8. The molecule has 0 saturated carbocycles. The monoisotopic (exact) mass is 440 g/mol. The van der Waals surface area contributed by atoms with Crippen LogP contribution >= 0.6 is 11.8 Å². The van der Waals surface area contributed by atoms with E-state index in [0.717, 1.165) is 34.8 Å². The third-order valence-electron chi connectivity index (χ3n) is 5.74. The molecule has 0 radical (unpaired) electrons. The number of benzene rings is 1. The van der Waals surface area contributed by atoms with Gasteiger partial charge in [-0.1, -0.05) is 12.1 Å². The number of hydrogen-bond acceptors (Lipinski definition) is 5. The number of nitrogens with zero attached hydrogens (tertiary/aromatic N) is 5. The number of piperidine rings is 1. The highest BCUT2D eigenvalue weighted by molar-refractivity contribution is 7.97. The minimum Gasteiger partial charge on any atom is -0.341 e. The van der Waals surface area contributed by atoms with Crippen LogP contribution in [-0.2, 0) is 28.4 Å². The molecule has 3 aromatic rings. The summed E-state index contributed by atoms with van der Waals surface area (Å²) < 4.78 is 3.81. The Hall–Kier alpha value is -2.81. The van der Waals surface area contributed by atoms with Crippen molar-refractivity contribution in [3.8, 4) is 0 Å². The number of fused-ring (bicyclic) bond motifs is 1. The number of aryl methyl sites for hydroxylation is 1. The highest BCUT2D eigenvalue weighted by Gasteiger charge is 2.28. The van der Waals surface area contributed by atoms with E-state index in [1.54, 1.807) is 22.6 Å². The Morgan fingerprint density at radius 3 is 2.71 bits per heavy atom. The maximum Gasteiger partial charge on any atom is 0.242 e. The Kier molecular flexibility index (Phi) is 6.60. The number of carbonyl (C=O) groups is 2. The summed E-state index contributed by atoms with van der Waals surface area (Å²) in [5, 5.41) is 7.13. The lowest BCUT2D eigenvalue weighted by molar-refractivity contribution is -0.135. The predicted molar refractivity (Wildman–Crippen MR) is 123 cm³/mol. The van der Waals surface area contributed by atoms with Crippen molar-refractivity contribution in [1.82, 2.24) is 24.2 Å². The van der Waals surface area contributed by atoms with Gasteiger partial charge in [0.05, 0.1) is 28.7 Å². The Morgan fingerprint density at radius 1 is 1.23 bits per heavy atom. The molecule has 1 N–H and O–H groups in total. The van der Waals surface area contributed by atoms with Crippen LogP contribution in [0.5, 0.6) is 0 Å². The zero-order valence-electron chi connectivity index (χ0n) is 18.0. The third-order valence-corrected chi connectivity index (χ3v) is 6.29. The number of likely N-dealkylation sites (tertiary alicyclic amines) is 1. The Balaban J connectivity index is 1.36. The van der Waals surface area contributed by atoms with Crippen molar-refractivity contribution >= 4 is 40.3 Å². The fourth-order valence-electron chi connectivity index (χ4n) is 4.01. The van der Waals surface area contributed by atoms with Crippen molar-refractivity contribution in [2.24, 2.45) is 5.92 Å². The van der Waals surface area contributed by atoms with Gasteiger partial charge in [0, 0.05) is 31.7 Å². The second kappa shape index (κ2) is 9.55. The van der Waals surface area contributed by atoms with Crippen LogP contribution in [0.1, 0.15) is 25.6 Å². The summed E-state index contributed by atoms with van der Waals surface area (Å²) in [6.45, 7) is 4.23. The molecular formula is C22H28N6O2S. The molecular weight excluding hydrogens is 412 g/mol. The summed E-state index contributed by atoms with van der Waals surface area (Å²) in [4.78, 5) is 32.2. The van der Waals surface area contributed by atoms with E-state index in [-0.39, 0.29) is 24.3 Å². The molecule has 1 aliphatic heterocycles. The molecule has 0 atom stereocenters. The van der Waals surface area contributed by atoms with Gasteiger partial charge in [-0.2, -0.15) is 16.9 Å². The average Bonchev–Trinajstić information content (AvgIpc) is 3.38. The number of nitrogens with one attached hydrogen (secondary N) is 1. The molecule has 0 unspecified atom stereocenters. The van der Waals surface area contributed by atoms with Crippen molar-refractivity contribution < 1.29 is 9.59 Å². The molecule has 4 rings (SSSR count). The average molecular weight is 441 g/mol. The number of imidazole rings is 1. The topological polar surface area (TPSA) is 85.0 Å². The molecule has 1 saturated heterocycles. The fraction of sp³-hybridized carbons (Fsp3) is 0.455. The van der Waals surface area contributed by atoms with Crippen LogP contribution in [0.4, 0.5) is 5.69 Å². The molecule has 1 aliphatic rings. The zero-order chi connectivity index (χ0) is 21.8. The van der Waals surface area contributed by atoms with Gasteiger partial charge in [0.25, 0.3) is 0 Å². The van der Waals surface area contributed by atoms with E-state index in [4.69, 9.17) is 4.98 Å². The van der Waals surface area contributed by atoms with Crippen LogP contribution in [0.15, 0.2) is 36.7 Å². The number of para-hydroxylation sites is 2. The molecule has 164 valence electrons. The predicted octanol–water partition coefficient (Wildman–Crippen LogP) is 2.99. The number of thioether (sulfide) groups is 1. The van der Waals surface area contributed by atoms with Gasteiger partial charge < -0.3 is 14.8 Å². The number of anilines is 1. The van der Waals surface area contributed by atoms with Crippen LogP contribution in [0.2, 0.25) is 0 Å². The minimum absolute atomic E-state index is 0.00520. The largest absolute Gasteiger partial charge is 0.341 e. The first kappa shape index (κ1) is 21.4. The first-order chi connectivity index (χ1) is 15.1. The van der Waals surface area contributed by atoms with Crippen molar-refractivity contribution in [2.45, 2.75) is 38.6 Å². The first-order valence-corrected chi connectivity index (χ1v) is 12.0. The summed E-state index contributed by atoms with van der Waals surface area (Å²) in [5.74, 6) is 1.68. The number of aromatic nitrogens is 4. The summed E-state index contributed by atoms with van der Waals surface area (Å²) in [7, 11) is 0. The molecule has 9 heteroatoms. The van der Waals surface area contributed by atoms with Crippen molar-refractivity contribution in [3.05, 3.63) is 42.5 Å². The molecule has 8 nitrogen and oxygen atoms in total. The van der Waals surface area contributed by atoms with Gasteiger partial charge in [-0.05, 0) is 38.2 Å². The molecule has 0 bridgehead atoms. The fourth-order valence-corrected chi connectivity index (χ4v) is 4.49. The Morgan fingerprint density at radius 2 is 2.00 bits per heavy atom. The van der Waals surface area contributed by atoms with E-state index in [1.165, 1.54) is 0 Å². The quantitative estimate of drug-likeness (QED) is 0.611. The van der Waals surface area contributed by atoms with E-state index in [0.29, 0.717) is 25.9 Å². The van der Waals surface area contributed by atoms with E-state index >= 15 is 0 Å². The van der Waals surface area contributed by atoms with Crippen LogP contribution in [0.25, 0.3) is 11.0 Å². The minimum atomic E-state index is -0.0878. The molecule has 2 aromatic heterocycles. The second-order valence-electron chi connectivity index (χ2n) is 7.76. The van der Waals surface area contributed by atoms with Crippen molar-refractivity contribution in [3.63, 3.8) is 0 Å². The molecule has 3 heterocycles. The summed E-state index contributed by atoms with van der Waals surface area (Å²) in [5.41, 5.74) is 2.63. The van der Waals surface area contributed by atoms with Crippen molar-refractivity contribution in [2.75, 3.05) is 24.7 Å². The first-order valence-electron chi connectivity index (χ1n) is 10.6. The Bertz CT molecular complexity index is 1070. The van der Waals surface area contributed by atoms with E-state index in [2.05, 4.69) is 10.4 Å². The summed E-state index contributed by atoms with van der Waals surface area (Å²) in [6.07, 6.45) is 6.87. The van der Waals surface area contributed by atoms with E-state index in [9.17, 15) is 9.59 Å². The van der Waals surface area contributed by atoms with Gasteiger partial charge >= 0.3 is 0 Å². The van der Waals surface area contributed by atoms with Crippen LogP contribution < -0.4 is 5.32 Å². The summed E-state index contributed by atoms with van der Waals surface area (Å²) in [6, 6.07) is 7.93. The van der Waals surface area contributed by atoms with Crippen molar-refractivity contribution in [1.29, 1.82) is 0 Å². The maximum atomic E-state index is 13.0. The lowest BCUT2D eigenvalue weighted by Crippen LogP contribution is -2.42. The number of amides is 2. The van der Waals surface area contributed by atoms with E-state index < -0.39 is 0 Å². The summed E-state index contributed by atoms with van der Waals surface area (Å²) >= 11 is 1.70. The maximum absolute atomic E-state index is 13.0. The smallest absolute Gasteiger partial charge is 0.242 e. The molecule has 2 amide bonds. The molecule has 1 aromatic carbocycles. The molecule has 0 spiro atoms. The Labute approximate surface area is 186 Å². The highest BCUT2D eigenvalue weighted by Crippen LogP contribution is 2.22. The molecule has 0 aliphatic carbocycles. The van der Waals surface area contributed by atoms with Gasteiger partial charge in [-0.15, -0.1) is 0 Å². The van der Waals surface area contributed by atoms with Gasteiger partial charge in [-0.25, -0.2) is 4.98 Å². The number of rotatable bonds is 7. The SMILES string of the molecule is CCn1cc(NC(=O)C2CCN(C(=O)Cn3c(CSC)nc4ccccc43)CC2)cn1. The molecule has 31 heavy (non-hydrogen) atoms.